The summed E-state index contributed by atoms with van der Waals surface area (Å²) >= 11 is 0. The number of rotatable bonds is 8. The number of nitrogens with zero attached hydrogens (tertiary/aromatic N) is 3. The molecule has 0 aliphatic carbocycles. The van der Waals surface area contributed by atoms with Gasteiger partial charge in [0, 0.05) is 45.3 Å². The van der Waals surface area contributed by atoms with Crippen molar-refractivity contribution in [2.45, 2.75) is 65.7 Å². The molecule has 0 unspecified atom stereocenters. The van der Waals surface area contributed by atoms with Crippen molar-refractivity contribution < 1.29 is 0 Å². The summed E-state index contributed by atoms with van der Waals surface area (Å²) in [5.74, 6) is 0.913. The van der Waals surface area contributed by atoms with Gasteiger partial charge in [0.15, 0.2) is 5.96 Å². The van der Waals surface area contributed by atoms with Crippen LogP contribution in [0.2, 0.25) is 0 Å². The molecule has 2 rings (SSSR count). The van der Waals surface area contributed by atoms with E-state index >= 15 is 0 Å². The normalized spacial score (nSPS) is 16.9. The van der Waals surface area contributed by atoms with Gasteiger partial charge in [-0.3, -0.25) is 9.89 Å². The molecule has 0 spiro atoms. The summed E-state index contributed by atoms with van der Waals surface area (Å²) in [6, 6.07) is 9.88. The molecule has 152 valence electrons. The fraction of sp³-hybridized carbons (Fsp3) is 0.682. The number of piperidine rings is 1. The predicted octanol–water partition coefficient (Wildman–Crippen LogP) is 3.07. The van der Waals surface area contributed by atoms with Crippen LogP contribution in [-0.2, 0) is 13.1 Å². The monoisotopic (exact) mass is 373 g/mol. The molecule has 1 aromatic carbocycles. The van der Waals surface area contributed by atoms with E-state index in [0.29, 0.717) is 12.1 Å². The summed E-state index contributed by atoms with van der Waals surface area (Å²) in [6.07, 6.45) is 2.36. The van der Waals surface area contributed by atoms with Crippen LogP contribution in [-0.4, -0.2) is 61.1 Å². The number of likely N-dealkylation sites (tertiary alicyclic amines) is 1. The van der Waals surface area contributed by atoms with Crippen molar-refractivity contribution in [3.63, 3.8) is 0 Å². The van der Waals surface area contributed by atoms with Gasteiger partial charge in [-0.05, 0) is 50.9 Å². The molecule has 1 saturated heterocycles. The summed E-state index contributed by atoms with van der Waals surface area (Å²) in [5, 5.41) is 7.14. The summed E-state index contributed by atoms with van der Waals surface area (Å²) in [4.78, 5) is 9.45. The Kier molecular flexibility index (Phi) is 9.08. The average Bonchev–Trinajstić information content (AvgIpc) is 2.70. The summed E-state index contributed by atoms with van der Waals surface area (Å²) in [6.45, 7) is 15.3. The molecule has 0 bridgehead atoms. The fourth-order valence-electron chi connectivity index (χ4n) is 3.70. The highest BCUT2D eigenvalue weighted by Gasteiger charge is 2.21. The molecule has 1 aliphatic rings. The smallest absolute Gasteiger partial charge is 0.191 e. The molecule has 0 saturated carbocycles. The van der Waals surface area contributed by atoms with Crippen LogP contribution in [0.1, 0.15) is 51.7 Å². The van der Waals surface area contributed by atoms with E-state index in [2.05, 4.69) is 77.4 Å². The van der Waals surface area contributed by atoms with Gasteiger partial charge in [-0.25, -0.2) is 0 Å². The molecule has 5 heteroatoms. The molecule has 0 radical (unpaired) electrons. The van der Waals surface area contributed by atoms with E-state index in [1.807, 2.05) is 7.05 Å². The Morgan fingerprint density at radius 3 is 2.33 bits per heavy atom. The molecular formula is C22H39N5. The maximum absolute atomic E-state index is 4.44. The van der Waals surface area contributed by atoms with Crippen molar-refractivity contribution in [3.05, 3.63) is 35.4 Å². The Balaban J connectivity index is 1.88. The molecule has 27 heavy (non-hydrogen) atoms. The van der Waals surface area contributed by atoms with Crippen LogP contribution < -0.4 is 10.6 Å². The molecule has 2 N–H and O–H groups in total. The average molecular weight is 374 g/mol. The molecule has 1 heterocycles. The predicted molar refractivity (Wildman–Crippen MR) is 116 cm³/mol. The second-order valence-corrected chi connectivity index (χ2v) is 7.70. The molecule has 0 aromatic heterocycles. The number of nitrogens with one attached hydrogen (secondary N) is 2. The minimum Gasteiger partial charge on any atom is -0.354 e. The largest absolute Gasteiger partial charge is 0.354 e. The van der Waals surface area contributed by atoms with Crippen molar-refractivity contribution in [3.8, 4) is 0 Å². The molecular weight excluding hydrogens is 334 g/mol. The Hall–Kier alpha value is -1.59. The van der Waals surface area contributed by atoms with E-state index in [1.54, 1.807) is 0 Å². The van der Waals surface area contributed by atoms with Gasteiger partial charge >= 0.3 is 0 Å². The third-order valence-corrected chi connectivity index (χ3v) is 5.68. The lowest BCUT2D eigenvalue weighted by Gasteiger charge is -2.35. The van der Waals surface area contributed by atoms with Crippen LogP contribution in [0.4, 0.5) is 0 Å². The Labute approximate surface area is 166 Å². The topological polar surface area (TPSA) is 42.9 Å². The number of guanidine groups is 1. The Morgan fingerprint density at radius 1 is 1.15 bits per heavy atom. The fourth-order valence-corrected chi connectivity index (χ4v) is 3.70. The third-order valence-electron chi connectivity index (χ3n) is 5.68. The van der Waals surface area contributed by atoms with Gasteiger partial charge in [-0.1, -0.05) is 38.1 Å². The summed E-state index contributed by atoms with van der Waals surface area (Å²) < 4.78 is 0. The lowest BCUT2D eigenvalue weighted by Crippen LogP contribution is -2.49. The first kappa shape index (κ1) is 21.7. The molecule has 1 aliphatic heterocycles. The van der Waals surface area contributed by atoms with Gasteiger partial charge in [-0.15, -0.1) is 0 Å². The van der Waals surface area contributed by atoms with E-state index < -0.39 is 0 Å². The van der Waals surface area contributed by atoms with Gasteiger partial charge in [0.2, 0.25) is 0 Å². The zero-order valence-electron chi connectivity index (χ0n) is 18.0. The Morgan fingerprint density at radius 2 is 1.78 bits per heavy atom. The van der Waals surface area contributed by atoms with Crippen LogP contribution in [0.25, 0.3) is 0 Å². The maximum atomic E-state index is 4.44. The molecule has 1 fully saturated rings. The standard InChI is InChI=1S/C22H39N5/c1-6-26(7-2)17-20-11-9-8-10-19(20)16-24-22(23-5)25-21-12-14-27(15-13-21)18(3)4/h8-11,18,21H,6-7,12-17H2,1-5H3,(H2,23,24,25). The van der Waals surface area contributed by atoms with Crippen molar-refractivity contribution >= 4 is 5.96 Å². The van der Waals surface area contributed by atoms with Gasteiger partial charge in [0.05, 0.1) is 0 Å². The van der Waals surface area contributed by atoms with Crippen LogP contribution in [0.5, 0.6) is 0 Å². The van der Waals surface area contributed by atoms with Gasteiger partial charge in [0.1, 0.15) is 0 Å². The highest BCUT2D eigenvalue weighted by Crippen LogP contribution is 2.14. The van der Waals surface area contributed by atoms with E-state index in [1.165, 1.54) is 37.1 Å². The lowest BCUT2D eigenvalue weighted by molar-refractivity contribution is 0.167. The van der Waals surface area contributed by atoms with Gasteiger partial charge < -0.3 is 15.5 Å². The highest BCUT2D eigenvalue weighted by molar-refractivity contribution is 5.80. The van der Waals surface area contributed by atoms with Crippen molar-refractivity contribution in [2.75, 3.05) is 33.2 Å². The summed E-state index contributed by atoms with van der Waals surface area (Å²) in [5.41, 5.74) is 2.75. The van der Waals surface area contributed by atoms with Crippen molar-refractivity contribution in [2.24, 2.45) is 4.99 Å². The van der Waals surface area contributed by atoms with Gasteiger partial charge in [0.25, 0.3) is 0 Å². The number of aliphatic imine (C=N–C) groups is 1. The summed E-state index contributed by atoms with van der Waals surface area (Å²) in [7, 11) is 1.86. The van der Waals surface area contributed by atoms with Gasteiger partial charge in [-0.2, -0.15) is 0 Å². The van der Waals surface area contributed by atoms with E-state index in [0.717, 1.165) is 32.1 Å². The second kappa shape index (κ2) is 11.3. The SMILES string of the molecule is CCN(CC)Cc1ccccc1CNC(=NC)NC1CCN(C(C)C)CC1. The number of hydrogen-bond acceptors (Lipinski definition) is 3. The highest BCUT2D eigenvalue weighted by atomic mass is 15.2. The van der Waals surface area contributed by atoms with Crippen LogP contribution in [0, 0.1) is 0 Å². The third kappa shape index (κ3) is 6.82. The van der Waals surface area contributed by atoms with Crippen molar-refractivity contribution in [1.82, 2.24) is 20.4 Å². The minimum absolute atomic E-state index is 0.511. The zero-order valence-corrected chi connectivity index (χ0v) is 18.0. The molecule has 0 atom stereocenters. The molecule has 1 aromatic rings. The van der Waals surface area contributed by atoms with Crippen LogP contribution in [0.3, 0.4) is 0 Å². The Bertz CT molecular complexity index is 572. The van der Waals surface area contributed by atoms with E-state index in [9.17, 15) is 0 Å². The van der Waals surface area contributed by atoms with Crippen LogP contribution in [0.15, 0.2) is 29.3 Å². The lowest BCUT2D eigenvalue weighted by atomic mass is 10.0. The minimum atomic E-state index is 0.511. The first-order valence-corrected chi connectivity index (χ1v) is 10.6. The molecule has 5 nitrogen and oxygen atoms in total. The number of hydrogen-bond donors (Lipinski definition) is 2. The zero-order chi connectivity index (χ0) is 19.6. The first-order chi connectivity index (χ1) is 13.1. The second-order valence-electron chi connectivity index (χ2n) is 7.70. The quantitative estimate of drug-likeness (QED) is 0.543. The first-order valence-electron chi connectivity index (χ1n) is 10.6. The van der Waals surface area contributed by atoms with Crippen molar-refractivity contribution in [1.29, 1.82) is 0 Å². The number of benzene rings is 1. The maximum Gasteiger partial charge on any atom is 0.191 e. The molecule has 0 amide bonds. The van der Waals surface area contributed by atoms with E-state index in [-0.39, 0.29) is 0 Å². The van der Waals surface area contributed by atoms with Crippen LogP contribution >= 0.6 is 0 Å². The van der Waals surface area contributed by atoms with E-state index in [4.69, 9.17) is 0 Å².